The van der Waals surface area contributed by atoms with Crippen molar-refractivity contribution in [1.29, 1.82) is 0 Å². The van der Waals surface area contributed by atoms with Gasteiger partial charge in [0, 0.05) is 33.5 Å². The lowest BCUT2D eigenvalue weighted by Gasteiger charge is -2.33. The number of phenols is 1. The molecule has 11 aromatic carbocycles. The molecule has 0 radical (unpaired) electrons. The van der Waals surface area contributed by atoms with E-state index in [1.165, 1.54) is 50.1 Å². The Morgan fingerprint density at radius 1 is 0.314 bits per heavy atom. The predicted molar refractivity (Wildman–Crippen MR) is 291 cm³/mol. The summed E-state index contributed by atoms with van der Waals surface area (Å²) in [6.07, 6.45) is 0. The third kappa shape index (κ3) is 6.74. The molecular weight excluding hydrogens is 849 g/mol. The van der Waals surface area contributed by atoms with Crippen molar-refractivity contribution in [3.63, 3.8) is 0 Å². The maximum atomic E-state index is 10.6. The highest BCUT2D eigenvalue weighted by atomic mass is 16.3. The van der Waals surface area contributed by atoms with Gasteiger partial charge in [-0.05, 0) is 152 Å². The molecule has 0 unspecified atom stereocenters. The van der Waals surface area contributed by atoms with Crippen molar-refractivity contribution in [3.05, 3.63) is 295 Å². The third-order valence-corrected chi connectivity index (χ3v) is 14.4. The molecule has 0 atom stereocenters. The molecule has 12 aromatic rings. The van der Waals surface area contributed by atoms with E-state index in [-0.39, 0.29) is 5.75 Å². The van der Waals surface area contributed by atoms with Gasteiger partial charge in [0.05, 0.1) is 16.4 Å². The fourth-order valence-electron chi connectivity index (χ4n) is 11.2. The SMILES string of the molecule is Oc1ccc2c(c1)c1cc(-c3ccc(N(c4ccc(-c5ccccc5)cc4)c4cccc(-c5ccc6c(c5)-c5ccccc5C6(c5ccccc5)c5ccccc5)c4)cc3)ccc1n2-c1ccccc1. The predicted octanol–water partition coefficient (Wildman–Crippen LogP) is 17.3. The number of nitrogens with zero attached hydrogens (tertiary/aromatic N) is 2. The number of aromatic nitrogens is 1. The summed E-state index contributed by atoms with van der Waals surface area (Å²) >= 11 is 0. The van der Waals surface area contributed by atoms with Gasteiger partial charge < -0.3 is 14.6 Å². The van der Waals surface area contributed by atoms with Crippen molar-refractivity contribution >= 4 is 38.9 Å². The van der Waals surface area contributed by atoms with Crippen LogP contribution >= 0.6 is 0 Å². The minimum absolute atomic E-state index is 0.255. The summed E-state index contributed by atoms with van der Waals surface area (Å²) in [4.78, 5) is 2.36. The number of rotatable bonds is 9. The van der Waals surface area contributed by atoms with Crippen molar-refractivity contribution in [2.75, 3.05) is 4.90 Å². The summed E-state index contributed by atoms with van der Waals surface area (Å²) < 4.78 is 2.27. The first-order valence-electron chi connectivity index (χ1n) is 24.0. The lowest BCUT2D eigenvalue weighted by atomic mass is 9.67. The number of hydrogen-bond donors (Lipinski definition) is 1. The van der Waals surface area contributed by atoms with Gasteiger partial charge in [0.15, 0.2) is 0 Å². The summed E-state index contributed by atoms with van der Waals surface area (Å²) in [5, 5.41) is 12.7. The lowest BCUT2D eigenvalue weighted by molar-refractivity contribution is 0.476. The molecule has 0 bridgehead atoms. The summed E-state index contributed by atoms with van der Waals surface area (Å²) in [5.74, 6) is 0.255. The molecule has 0 saturated heterocycles. The zero-order chi connectivity index (χ0) is 46.6. The van der Waals surface area contributed by atoms with Crippen LogP contribution in [-0.2, 0) is 5.41 Å². The number of hydrogen-bond acceptors (Lipinski definition) is 2. The van der Waals surface area contributed by atoms with Gasteiger partial charge in [-0.3, -0.25) is 0 Å². The third-order valence-electron chi connectivity index (χ3n) is 14.4. The highest BCUT2D eigenvalue weighted by molar-refractivity contribution is 6.11. The van der Waals surface area contributed by atoms with Gasteiger partial charge in [0.2, 0.25) is 0 Å². The molecule has 3 nitrogen and oxygen atoms in total. The summed E-state index contributed by atoms with van der Waals surface area (Å²) in [5.41, 5.74) is 20.5. The van der Waals surface area contributed by atoms with E-state index in [2.05, 4.69) is 258 Å². The first-order chi connectivity index (χ1) is 34.6. The van der Waals surface area contributed by atoms with Gasteiger partial charge in [-0.25, -0.2) is 0 Å². The normalized spacial score (nSPS) is 12.5. The molecular formula is C67H46N2O. The fourth-order valence-corrected chi connectivity index (χ4v) is 11.2. The second-order valence-electron chi connectivity index (χ2n) is 18.2. The van der Waals surface area contributed by atoms with E-state index >= 15 is 0 Å². The molecule has 0 aliphatic heterocycles. The number of phenolic OH excluding ortho intramolecular Hbond substituents is 1. The number of para-hydroxylation sites is 1. The molecule has 1 N–H and O–H groups in total. The monoisotopic (exact) mass is 894 g/mol. The molecule has 1 aromatic heterocycles. The van der Waals surface area contributed by atoms with Crippen LogP contribution in [0.2, 0.25) is 0 Å². The largest absolute Gasteiger partial charge is 0.508 e. The summed E-state index contributed by atoms with van der Waals surface area (Å²) in [7, 11) is 0. The molecule has 0 amide bonds. The Bertz CT molecular complexity index is 3820. The average molecular weight is 895 g/mol. The van der Waals surface area contributed by atoms with E-state index in [1.807, 2.05) is 18.2 Å². The van der Waals surface area contributed by atoms with Gasteiger partial charge in [-0.2, -0.15) is 0 Å². The second kappa shape index (κ2) is 16.9. The summed E-state index contributed by atoms with van der Waals surface area (Å²) in [6, 6.07) is 98.1. The van der Waals surface area contributed by atoms with E-state index in [4.69, 9.17) is 0 Å². The zero-order valence-electron chi connectivity index (χ0n) is 38.3. The van der Waals surface area contributed by atoms with Crippen LogP contribution in [0.5, 0.6) is 5.75 Å². The summed E-state index contributed by atoms with van der Waals surface area (Å²) in [6.45, 7) is 0. The van der Waals surface area contributed by atoms with Gasteiger partial charge in [-0.1, -0.05) is 188 Å². The quantitative estimate of drug-likeness (QED) is 0.156. The van der Waals surface area contributed by atoms with Crippen molar-refractivity contribution in [1.82, 2.24) is 4.57 Å². The molecule has 1 aliphatic carbocycles. The van der Waals surface area contributed by atoms with Crippen molar-refractivity contribution in [3.8, 4) is 55.9 Å². The Kier molecular flexibility index (Phi) is 9.88. The van der Waals surface area contributed by atoms with Crippen molar-refractivity contribution < 1.29 is 5.11 Å². The van der Waals surface area contributed by atoms with Crippen LogP contribution in [0.25, 0.3) is 72.0 Å². The Labute approximate surface area is 408 Å². The molecule has 1 heterocycles. The smallest absolute Gasteiger partial charge is 0.116 e. The van der Waals surface area contributed by atoms with Crippen LogP contribution in [0.1, 0.15) is 22.3 Å². The topological polar surface area (TPSA) is 28.4 Å². The Morgan fingerprint density at radius 2 is 0.786 bits per heavy atom. The Hall–Kier alpha value is -9.18. The molecule has 0 saturated carbocycles. The molecule has 70 heavy (non-hydrogen) atoms. The lowest BCUT2D eigenvalue weighted by Crippen LogP contribution is -2.28. The molecule has 0 spiro atoms. The fraction of sp³-hybridized carbons (Fsp3) is 0.0149. The van der Waals surface area contributed by atoms with E-state index < -0.39 is 5.41 Å². The first-order valence-corrected chi connectivity index (χ1v) is 24.0. The second-order valence-corrected chi connectivity index (χ2v) is 18.2. The zero-order valence-corrected chi connectivity index (χ0v) is 38.3. The van der Waals surface area contributed by atoms with Crippen LogP contribution < -0.4 is 4.90 Å². The Morgan fingerprint density at radius 3 is 1.46 bits per heavy atom. The molecule has 0 fully saturated rings. The van der Waals surface area contributed by atoms with Crippen molar-refractivity contribution in [2.45, 2.75) is 5.41 Å². The van der Waals surface area contributed by atoms with Crippen LogP contribution in [0.15, 0.2) is 273 Å². The van der Waals surface area contributed by atoms with Gasteiger partial charge in [0.1, 0.15) is 5.75 Å². The van der Waals surface area contributed by atoms with E-state index in [9.17, 15) is 5.11 Å². The Balaban J connectivity index is 0.913. The highest BCUT2D eigenvalue weighted by Crippen LogP contribution is 2.56. The first kappa shape index (κ1) is 41.0. The standard InChI is InChI=1S/C67H46N2O/c70-58-38-41-66-62(45-58)61-44-50(33-40-65(61)69(66)54-23-11-4-12-24-54)48-30-36-56(37-31-48)68(55-34-28-47(29-35-55)46-16-5-1-6-17-46)57-25-15-18-49(42-57)51-32-39-64-60(43-51)59-26-13-14-27-63(59)67(64,52-19-7-2-8-20-52)53-21-9-3-10-22-53/h1-45,70H. The minimum atomic E-state index is -0.445. The highest BCUT2D eigenvalue weighted by Gasteiger charge is 2.46. The number of anilines is 3. The van der Waals surface area contributed by atoms with Crippen molar-refractivity contribution in [2.24, 2.45) is 0 Å². The van der Waals surface area contributed by atoms with Gasteiger partial charge in [-0.15, -0.1) is 0 Å². The van der Waals surface area contributed by atoms with E-state index in [1.54, 1.807) is 6.07 Å². The van der Waals surface area contributed by atoms with Crippen LogP contribution in [0.4, 0.5) is 17.1 Å². The van der Waals surface area contributed by atoms with Gasteiger partial charge >= 0.3 is 0 Å². The van der Waals surface area contributed by atoms with E-state index in [0.717, 1.165) is 61.2 Å². The maximum absolute atomic E-state index is 10.6. The number of benzene rings is 11. The van der Waals surface area contributed by atoms with Crippen LogP contribution in [0.3, 0.4) is 0 Å². The average Bonchev–Trinajstić information content (AvgIpc) is 3.92. The number of fused-ring (bicyclic) bond motifs is 6. The van der Waals surface area contributed by atoms with Crippen LogP contribution in [-0.4, -0.2) is 9.67 Å². The maximum Gasteiger partial charge on any atom is 0.116 e. The molecule has 3 heteroatoms. The molecule has 1 aliphatic rings. The molecule has 13 rings (SSSR count). The minimum Gasteiger partial charge on any atom is -0.508 e. The molecule has 330 valence electrons. The van der Waals surface area contributed by atoms with Gasteiger partial charge in [0.25, 0.3) is 0 Å². The number of aromatic hydroxyl groups is 1. The van der Waals surface area contributed by atoms with Crippen LogP contribution in [0, 0.1) is 0 Å². The van der Waals surface area contributed by atoms with E-state index in [0.29, 0.717) is 0 Å².